The molecule has 118 valence electrons. The van der Waals surface area contributed by atoms with E-state index in [4.69, 9.17) is 4.84 Å². The van der Waals surface area contributed by atoms with Gasteiger partial charge < -0.3 is 4.84 Å². The van der Waals surface area contributed by atoms with Crippen molar-refractivity contribution in [1.82, 2.24) is 0 Å². The van der Waals surface area contributed by atoms with E-state index in [-0.39, 0.29) is 11.7 Å². The van der Waals surface area contributed by atoms with E-state index in [1.807, 2.05) is 81.4 Å². The van der Waals surface area contributed by atoms with Crippen LogP contribution in [0, 0.1) is 5.41 Å². The summed E-state index contributed by atoms with van der Waals surface area (Å²) in [6.45, 7) is 5.75. The van der Waals surface area contributed by atoms with Crippen molar-refractivity contribution in [2.75, 3.05) is 0 Å². The summed E-state index contributed by atoms with van der Waals surface area (Å²) in [6, 6.07) is 19.9. The summed E-state index contributed by atoms with van der Waals surface area (Å²) >= 11 is 0. The fourth-order valence-corrected chi connectivity index (χ4v) is 2.83. The number of nitrogens with zero attached hydrogens (tertiary/aromatic N) is 1. The van der Waals surface area contributed by atoms with E-state index in [0.717, 1.165) is 16.8 Å². The number of carbonyl (C=O) groups excluding carboxylic acids is 1. The Bertz CT molecular complexity index is 714. The van der Waals surface area contributed by atoms with Gasteiger partial charge in [-0.2, -0.15) is 0 Å². The highest BCUT2D eigenvalue weighted by atomic mass is 16.6. The van der Waals surface area contributed by atoms with Gasteiger partial charge in [-0.15, -0.1) is 0 Å². The summed E-state index contributed by atoms with van der Waals surface area (Å²) in [4.78, 5) is 18.4. The quantitative estimate of drug-likeness (QED) is 0.853. The molecule has 1 aliphatic rings. The van der Waals surface area contributed by atoms with Gasteiger partial charge in [-0.3, -0.25) is 4.79 Å². The van der Waals surface area contributed by atoms with Crippen LogP contribution in [0.25, 0.3) is 0 Å². The predicted octanol–water partition coefficient (Wildman–Crippen LogP) is 4.19. The first-order chi connectivity index (χ1) is 11.0. The largest absolute Gasteiger partial charge is 0.383 e. The highest BCUT2D eigenvalue weighted by molar-refractivity contribution is 6.09. The first-order valence-corrected chi connectivity index (χ1v) is 7.87. The molecule has 0 aliphatic carbocycles. The Morgan fingerprint density at radius 2 is 1.52 bits per heavy atom. The van der Waals surface area contributed by atoms with Crippen LogP contribution < -0.4 is 0 Å². The second-order valence-corrected chi connectivity index (χ2v) is 6.87. The molecule has 2 aromatic carbocycles. The number of rotatable bonds is 3. The van der Waals surface area contributed by atoms with Crippen LogP contribution in [0.5, 0.6) is 0 Å². The monoisotopic (exact) mass is 307 g/mol. The highest BCUT2D eigenvalue weighted by Gasteiger charge is 2.44. The summed E-state index contributed by atoms with van der Waals surface area (Å²) in [7, 11) is 0. The molecule has 23 heavy (non-hydrogen) atoms. The average Bonchev–Trinajstić information content (AvgIpc) is 2.99. The van der Waals surface area contributed by atoms with Crippen molar-refractivity contribution < 1.29 is 9.63 Å². The van der Waals surface area contributed by atoms with E-state index < -0.39 is 11.5 Å². The summed E-state index contributed by atoms with van der Waals surface area (Å²) < 4.78 is 0. The molecule has 3 heteroatoms. The van der Waals surface area contributed by atoms with Crippen molar-refractivity contribution >= 4 is 11.5 Å². The Morgan fingerprint density at radius 3 is 2.09 bits per heavy atom. The standard InChI is InChI=1S/C20H21NO2/c1-20(2,3)19(22)18-16(14-10-6-4-7-11-14)17(21-23-18)15-12-8-5-9-13-15/h4-13,16,18H,1-3H3/t16-,18-/m1/s1. The molecule has 0 saturated carbocycles. The number of ketones is 1. The molecule has 0 radical (unpaired) electrons. The molecule has 1 heterocycles. The summed E-state index contributed by atoms with van der Waals surface area (Å²) in [5, 5.41) is 4.28. The molecule has 3 nitrogen and oxygen atoms in total. The van der Waals surface area contributed by atoms with Crippen molar-refractivity contribution in [3.05, 3.63) is 71.8 Å². The third-order valence-electron chi connectivity index (χ3n) is 4.09. The molecule has 0 bridgehead atoms. The molecule has 0 spiro atoms. The van der Waals surface area contributed by atoms with Crippen LogP contribution in [-0.4, -0.2) is 17.6 Å². The summed E-state index contributed by atoms with van der Waals surface area (Å²) in [5.41, 5.74) is 2.39. The summed E-state index contributed by atoms with van der Waals surface area (Å²) in [5.74, 6) is -0.105. The zero-order valence-electron chi connectivity index (χ0n) is 13.7. The molecule has 1 aliphatic heterocycles. The minimum Gasteiger partial charge on any atom is -0.383 e. The third-order valence-corrected chi connectivity index (χ3v) is 4.09. The topological polar surface area (TPSA) is 38.7 Å². The second kappa shape index (κ2) is 5.99. The first-order valence-electron chi connectivity index (χ1n) is 7.87. The van der Waals surface area contributed by atoms with Crippen LogP contribution in [0.15, 0.2) is 65.8 Å². The van der Waals surface area contributed by atoms with Crippen LogP contribution >= 0.6 is 0 Å². The first kappa shape index (κ1) is 15.5. The number of Topliss-reactive ketones (excluding diaryl/α,β-unsaturated/α-hetero) is 1. The van der Waals surface area contributed by atoms with Gasteiger partial charge in [0.05, 0.1) is 11.6 Å². The van der Waals surface area contributed by atoms with Gasteiger partial charge in [-0.25, -0.2) is 0 Å². The number of benzene rings is 2. The fraction of sp³-hybridized carbons (Fsp3) is 0.300. The lowest BCUT2D eigenvalue weighted by molar-refractivity contribution is -0.137. The lowest BCUT2D eigenvalue weighted by Gasteiger charge is -2.25. The van der Waals surface area contributed by atoms with Crippen LogP contribution in [0.1, 0.15) is 37.8 Å². The molecule has 3 rings (SSSR count). The van der Waals surface area contributed by atoms with Gasteiger partial charge >= 0.3 is 0 Å². The molecule has 0 amide bonds. The van der Waals surface area contributed by atoms with Crippen molar-refractivity contribution in [3.8, 4) is 0 Å². The average molecular weight is 307 g/mol. The molecule has 0 saturated heterocycles. The molecule has 0 fully saturated rings. The van der Waals surface area contributed by atoms with Crippen LogP contribution in [0.3, 0.4) is 0 Å². The molecule has 0 N–H and O–H groups in total. The minimum absolute atomic E-state index is 0.0704. The normalized spacial score (nSPS) is 20.7. The Hall–Kier alpha value is -2.42. The fourth-order valence-electron chi connectivity index (χ4n) is 2.83. The molecule has 0 aromatic heterocycles. The zero-order chi connectivity index (χ0) is 16.4. The van der Waals surface area contributed by atoms with Crippen molar-refractivity contribution in [2.45, 2.75) is 32.8 Å². The Labute approximate surface area is 137 Å². The van der Waals surface area contributed by atoms with Crippen molar-refractivity contribution in [3.63, 3.8) is 0 Å². The van der Waals surface area contributed by atoms with Gasteiger partial charge in [0.15, 0.2) is 11.9 Å². The van der Waals surface area contributed by atoms with Crippen LogP contribution in [-0.2, 0) is 9.63 Å². The maximum atomic E-state index is 12.8. The van der Waals surface area contributed by atoms with E-state index in [2.05, 4.69) is 5.16 Å². The second-order valence-electron chi connectivity index (χ2n) is 6.87. The van der Waals surface area contributed by atoms with Crippen LogP contribution in [0.2, 0.25) is 0 Å². The smallest absolute Gasteiger partial charge is 0.198 e. The van der Waals surface area contributed by atoms with Gasteiger partial charge in [-0.1, -0.05) is 86.6 Å². The van der Waals surface area contributed by atoms with Gasteiger partial charge in [0.2, 0.25) is 0 Å². The number of carbonyl (C=O) groups is 1. The molecule has 2 atom stereocenters. The number of hydrogen-bond donors (Lipinski definition) is 0. The highest BCUT2D eigenvalue weighted by Crippen LogP contribution is 2.36. The molecule has 0 unspecified atom stereocenters. The zero-order valence-corrected chi connectivity index (χ0v) is 13.7. The van der Waals surface area contributed by atoms with Crippen molar-refractivity contribution in [2.24, 2.45) is 10.6 Å². The minimum atomic E-state index is -0.576. The molecular formula is C20H21NO2. The van der Waals surface area contributed by atoms with Crippen LogP contribution in [0.4, 0.5) is 0 Å². The van der Waals surface area contributed by atoms with Gasteiger partial charge in [0, 0.05) is 11.0 Å². The van der Waals surface area contributed by atoms with Gasteiger partial charge in [-0.05, 0) is 5.56 Å². The number of oxime groups is 1. The maximum Gasteiger partial charge on any atom is 0.198 e. The van der Waals surface area contributed by atoms with Crippen molar-refractivity contribution in [1.29, 1.82) is 0 Å². The lowest BCUT2D eigenvalue weighted by Crippen LogP contribution is -2.37. The number of hydrogen-bond acceptors (Lipinski definition) is 3. The van der Waals surface area contributed by atoms with Gasteiger partial charge in [0.1, 0.15) is 0 Å². The summed E-state index contributed by atoms with van der Waals surface area (Å²) in [6.07, 6.45) is -0.576. The van der Waals surface area contributed by atoms with E-state index in [1.54, 1.807) is 0 Å². The Kier molecular flexibility index (Phi) is 4.03. The van der Waals surface area contributed by atoms with Gasteiger partial charge in [0.25, 0.3) is 0 Å². The third kappa shape index (κ3) is 3.04. The maximum absolute atomic E-state index is 12.8. The predicted molar refractivity (Wildman–Crippen MR) is 91.5 cm³/mol. The van der Waals surface area contributed by atoms with E-state index >= 15 is 0 Å². The van der Waals surface area contributed by atoms with E-state index in [0.29, 0.717) is 0 Å². The molecule has 2 aromatic rings. The van der Waals surface area contributed by atoms with E-state index in [9.17, 15) is 4.79 Å². The lowest BCUT2D eigenvalue weighted by atomic mass is 9.78. The molecular weight excluding hydrogens is 286 g/mol. The Morgan fingerprint density at radius 1 is 0.957 bits per heavy atom. The van der Waals surface area contributed by atoms with E-state index in [1.165, 1.54) is 0 Å². The SMILES string of the molecule is CC(C)(C)C(=O)[C@@H]1ON=C(c2ccccc2)[C@H]1c1ccccc1. The Balaban J connectivity index is 2.03.